The van der Waals surface area contributed by atoms with Crippen LogP contribution in [0.4, 0.5) is 0 Å². The maximum atomic E-state index is 12.9. The average molecular weight is 336 g/mol. The number of Topliss-reactive ketones (excluding diaryl/α,β-unsaturated/α-hetero) is 1. The molecule has 1 aliphatic heterocycles. The Morgan fingerprint density at radius 1 is 1.12 bits per heavy atom. The zero-order valence-corrected chi connectivity index (χ0v) is 13.2. The van der Waals surface area contributed by atoms with E-state index in [1.54, 1.807) is 24.3 Å². The Labute approximate surface area is 143 Å². The first-order valence-electron chi connectivity index (χ1n) is 7.42. The van der Waals surface area contributed by atoms with Gasteiger partial charge in [-0.15, -0.1) is 0 Å². The Bertz CT molecular complexity index is 935. The smallest absolute Gasteiger partial charge is 0.335 e. The number of hydrogen-bond donors (Lipinski definition) is 2. The van der Waals surface area contributed by atoms with Gasteiger partial charge in [-0.25, -0.2) is 9.79 Å². The quantitative estimate of drug-likeness (QED) is 0.824. The van der Waals surface area contributed by atoms with Crippen LogP contribution in [0.25, 0.3) is 0 Å². The lowest BCUT2D eigenvalue weighted by Gasteiger charge is -2.29. The van der Waals surface area contributed by atoms with Gasteiger partial charge in [0.15, 0.2) is 10.9 Å². The van der Waals surface area contributed by atoms with E-state index in [0.717, 1.165) is 5.56 Å². The van der Waals surface area contributed by atoms with Crippen LogP contribution in [0.5, 0.6) is 0 Å². The summed E-state index contributed by atoms with van der Waals surface area (Å²) in [6, 6.07) is 13.5. The molecule has 1 heterocycles. The van der Waals surface area contributed by atoms with Crippen LogP contribution in [0, 0.1) is 5.92 Å². The van der Waals surface area contributed by atoms with Crippen LogP contribution in [0.1, 0.15) is 37.9 Å². The van der Waals surface area contributed by atoms with Crippen LogP contribution in [-0.4, -0.2) is 27.7 Å². The molecule has 4 rings (SSSR count). The number of carboxylic acid groups (broad SMARTS) is 1. The number of thiocarbonyl (C=S) groups is 1. The SMILES string of the molecule is O=C(O)c1cccc(C2NC(=S)N=C3c4ccccc4C(=O)C32)c1. The van der Waals surface area contributed by atoms with Crippen LogP contribution in [0.2, 0.25) is 0 Å². The lowest BCUT2D eigenvalue weighted by Crippen LogP contribution is -2.41. The molecule has 5 nitrogen and oxygen atoms in total. The minimum atomic E-state index is -1.01. The van der Waals surface area contributed by atoms with Crippen LogP contribution in [-0.2, 0) is 0 Å². The lowest BCUT2D eigenvalue weighted by molar-refractivity contribution is 0.0696. The van der Waals surface area contributed by atoms with Crippen molar-refractivity contribution >= 4 is 34.8 Å². The highest BCUT2D eigenvalue weighted by molar-refractivity contribution is 7.80. The van der Waals surface area contributed by atoms with E-state index < -0.39 is 17.9 Å². The van der Waals surface area contributed by atoms with Crippen molar-refractivity contribution in [3.63, 3.8) is 0 Å². The largest absolute Gasteiger partial charge is 0.478 e. The van der Waals surface area contributed by atoms with Crippen LogP contribution in [0.3, 0.4) is 0 Å². The van der Waals surface area contributed by atoms with Crippen molar-refractivity contribution in [3.05, 3.63) is 70.8 Å². The van der Waals surface area contributed by atoms with Crippen molar-refractivity contribution in [2.75, 3.05) is 0 Å². The predicted octanol–water partition coefficient (Wildman–Crippen LogP) is 2.62. The minimum absolute atomic E-state index is 0.0231. The van der Waals surface area contributed by atoms with Crippen molar-refractivity contribution in [2.24, 2.45) is 10.9 Å². The molecular formula is C18H12N2O3S. The highest BCUT2D eigenvalue weighted by Crippen LogP contribution is 2.38. The molecule has 2 unspecified atom stereocenters. The number of aliphatic imine (C=N–C) groups is 1. The predicted molar refractivity (Wildman–Crippen MR) is 92.7 cm³/mol. The molecule has 0 saturated heterocycles. The normalized spacial score (nSPS) is 21.6. The molecule has 0 saturated carbocycles. The van der Waals surface area contributed by atoms with Gasteiger partial charge in [0, 0.05) is 11.1 Å². The summed E-state index contributed by atoms with van der Waals surface area (Å²) in [4.78, 5) is 28.5. The third kappa shape index (κ3) is 2.15. The number of carbonyl (C=O) groups is 2. The molecule has 0 aromatic heterocycles. The third-order valence-electron chi connectivity index (χ3n) is 4.37. The maximum absolute atomic E-state index is 12.9. The number of carboxylic acids is 1. The first-order valence-corrected chi connectivity index (χ1v) is 7.83. The second-order valence-corrected chi connectivity index (χ2v) is 6.13. The molecule has 6 heteroatoms. The van der Waals surface area contributed by atoms with Gasteiger partial charge in [-0.1, -0.05) is 36.4 Å². The summed E-state index contributed by atoms with van der Waals surface area (Å²) in [6.07, 6.45) is 0. The van der Waals surface area contributed by atoms with Gasteiger partial charge in [-0.3, -0.25) is 4.79 Å². The molecular weight excluding hydrogens is 324 g/mol. The van der Waals surface area contributed by atoms with Gasteiger partial charge < -0.3 is 10.4 Å². The summed E-state index contributed by atoms with van der Waals surface area (Å²) < 4.78 is 0. The molecule has 2 aromatic rings. The zero-order valence-electron chi connectivity index (χ0n) is 12.4. The molecule has 2 aliphatic rings. The van der Waals surface area contributed by atoms with Crippen molar-refractivity contribution < 1.29 is 14.7 Å². The van der Waals surface area contributed by atoms with Gasteiger partial charge >= 0.3 is 5.97 Å². The third-order valence-corrected chi connectivity index (χ3v) is 4.58. The molecule has 24 heavy (non-hydrogen) atoms. The summed E-state index contributed by atoms with van der Waals surface area (Å²) in [5.41, 5.74) is 2.97. The van der Waals surface area contributed by atoms with E-state index in [1.807, 2.05) is 18.2 Å². The fourth-order valence-electron chi connectivity index (χ4n) is 3.32. The standard InChI is InChI=1S/C18H12N2O3S/c21-16-12-7-2-1-6-11(12)15-13(16)14(19-18(24)20-15)9-4-3-5-10(8-9)17(22)23/h1-8,13-14H,(H,19,24)(H,22,23). The number of rotatable bonds is 2. The van der Waals surface area contributed by atoms with E-state index in [-0.39, 0.29) is 11.3 Å². The second kappa shape index (κ2) is 5.35. The number of benzene rings is 2. The number of fused-ring (bicyclic) bond motifs is 3. The van der Waals surface area contributed by atoms with Gasteiger partial charge in [-0.2, -0.15) is 0 Å². The fourth-order valence-corrected chi connectivity index (χ4v) is 3.54. The molecule has 0 radical (unpaired) electrons. The fraction of sp³-hybridized carbons (Fsp3) is 0.111. The number of ketones is 1. The lowest BCUT2D eigenvalue weighted by atomic mass is 9.87. The molecule has 0 spiro atoms. The monoisotopic (exact) mass is 336 g/mol. The Morgan fingerprint density at radius 2 is 1.88 bits per heavy atom. The first kappa shape index (κ1) is 14.7. The van der Waals surface area contributed by atoms with Gasteiger partial charge in [0.1, 0.15) is 0 Å². The van der Waals surface area contributed by atoms with Crippen molar-refractivity contribution in [1.82, 2.24) is 5.32 Å². The number of nitrogens with one attached hydrogen (secondary N) is 1. The summed E-state index contributed by atoms with van der Waals surface area (Å²) in [5.74, 6) is -1.53. The Morgan fingerprint density at radius 3 is 2.62 bits per heavy atom. The molecule has 2 aromatic carbocycles. The number of carbonyl (C=O) groups excluding carboxylic acids is 1. The molecule has 0 bridgehead atoms. The number of aromatic carboxylic acids is 1. The van der Waals surface area contributed by atoms with E-state index in [1.165, 1.54) is 6.07 Å². The molecule has 2 N–H and O–H groups in total. The molecule has 0 amide bonds. The average Bonchev–Trinajstić information content (AvgIpc) is 2.87. The zero-order chi connectivity index (χ0) is 16.8. The minimum Gasteiger partial charge on any atom is -0.478 e. The van der Waals surface area contributed by atoms with Crippen LogP contribution >= 0.6 is 12.2 Å². The summed E-state index contributed by atoms with van der Waals surface area (Å²) in [5, 5.41) is 12.6. The molecule has 118 valence electrons. The van der Waals surface area contributed by atoms with E-state index in [4.69, 9.17) is 12.2 Å². The Hall–Kier alpha value is -2.86. The van der Waals surface area contributed by atoms with Crippen molar-refractivity contribution in [2.45, 2.75) is 6.04 Å². The topological polar surface area (TPSA) is 78.8 Å². The van der Waals surface area contributed by atoms with Crippen LogP contribution < -0.4 is 5.32 Å². The highest BCUT2D eigenvalue weighted by Gasteiger charge is 2.44. The second-order valence-electron chi connectivity index (χ2n) is 5.74. The highest BCUT2D eigenvalue weighted by atomic mass is 32.1. The maximum Gasteiger partial charge on any atom is 0.335 e. The summed E-state index contributed by atoms with van der Waals surface area (Å²) in [7, 11) is 0. The molecule has 2 atom stereocenters. The van der Waals surface area contributed by atoms with E-state index in [2.05, 4.69) is 10.3 Å². The molecule has 1 aliphatic carbocycles. The van der Waals surface area contributed by atoms with Gasteiger partial charge in [0.2, 0.25) is 0 Å². The number of hydrogen-bond acceptors (Lipinski definition) is 3. The van der Waals surface area contributed by atoms with E-state index >= 15 is 0 Å². The summed E-state index contributed by atoms with van der Waals surface area (Å²) >= 11 is 5.23. The Balaban J connectivity index is 1.84. The van der Waals surface area contributed by atoms with Gasteiger partial charge in [0.25, 0.3) is 0 Å². The number of nitrogens with zero attached hydrogens (tertiary/aromatic N) is 1. The summed E-state index contributed by atoms with van der Waals surface area (Å²) in [6.45, 7) is 0. The van der Waals surface area contributed by atoms with E-state index in [0.29, 0.717) is 22.0 Å². The molecule has 0 fully saturated rings. The van der Waals surface area contributed by atoms with Gasteiger partial charge in [0.05, 0.1) is 23.2 Å². The van der Waals surface area contributed by atoms with Gasteiger partial charge in [-0.05, 0) is 29.9 Å². The Kier molecular flexibility index (Phi) is 3.28. The van der Waals surface area contributed by atoms with Crippen molar-refractivity contribution in [1.29, 1.82) is 0 Å². The first-order chi connectivity index (χ1) is 11.6. The van der Waals surface area contributed by atoms with Crippen molar-refractivity contribution in [3.8, 4) is 0 Å². The van der Waals surface area contributed by atoms with Crippen LogP contribution in [0.15, 0.2) is 53.5 Å². The van der Waals surface area contributed by atoms with E-state index in [9.17, 15) is 14.7 Å².